The molecule has 66 valence electrons. The SMILES string of the molecule is C=CC(C(=O)OC)=C1SCCS1. The standard InChI is InChI=1S/C8H10O2S2/c1-3-6(7(9)10-2)8-11-4-5-12-8/h3H,1,4-5H2,2H3. The molecule has 0 amide bonds. The minimum atomic E-state index is -0.290. The summed E-state index contributed by atoms with van der Waals surface area (Å²) in [6, 6.07) is 0. The maximum Gasteiger partial charge on any atom is 0.339 e. The molecule has 0 saturated carbocycles. The van der Waals surface area contributed by atoms with Gasteiger partial charge in [0.05, 0.1) is 16.9 Å². The van der Waals surface area contributed by atoms with Crippen molar-refractivity contribution in [2.75, 3.05) is 18.6 Å². The van der Waals surface area contributed by atoms with Gasteiger partial charge in [0.2, 0.25) is 0 Å². The lowest BCUT2D eigenvalue weighted by Gasteiger charge is -2.01. The second kappa shape index (κ2) is 4.62. The van der Waals surface area contributed by atoms with Gasteiger partial charge in [-0.1, -0.05) is 12.7 Å². The summed E-state index contributed by atoms with van der Waals surface area (Å²) in [4.78, 5) is 11.2. The quantitative estimate of drug-likeness (QED) is 0.505. The number of ether oxygens (including phenoxy) is 1. The Morgan fingerprint density at radius 2 is 2.17 bits per heavy atom. The van der Waals surface area contributed by atoms with Gasteiger partial charge in [-0.3, -0.25) is 0 Å². The first-order valence-corrected chi connectivity index (χ1v) is 5.47. The molecule has 0 spiro atoms. The summed E-state index contributed by atoms with van der Waals surface area (Å²) in [7, 11) is 1.39. The van der Waals surface area contributed by atoms with Crippen molar-refractivity contribution in [2.24, 2.45) is 0 Å². The van der Waals surface area contributed by atoms with E-state index >= 15 is 0 Å². The third-order valence-corrected chi connectivity index (χ3v) is 4.13. The highest BCUT2D eigenvalue weighted by Gasteiger charge is 2.17. The molecule has 0 bridgehead atoms. The van der Waals surface area contributed by atoms with Gasteiger partial charge in [0, 0.05) is 11.5 Å². The molecule has 1 aliphatic heterocycles. The molecule has 1 fully saturated rings. The van der Waals surface area contributed by atoms with Crippen LogP contribution in [0.1, 0.15) is 0 Å². The Morgan fingerprint density at radius 1 is 1.58 bits per heavy atom. The number of esters is 1. The number of carbonyl (C=O) groups excluding carboxylic acids is 1. The normalized spacial score (nSPS) is 15.9. The summed E-state index contributed by atoms with van der Waals surface area (Å²) >= 11 is 3.38. The zero-order valence-electron chi connectivity index (χ0n) is 6.83. The molecular formula is C8H10O2S2. The average molecular weight is 202 g/mol. The van der Waals surface area contributed by atoms with Gasteiger partial charge in [-0.2, -0.15) is 0 Å². The Bertz CT molecular complexity index is 225. The molecule has 1 saturated heterocycles. The van der Waals surface area contributed by atoms with Crippen LogP contribution in [0, 0.1) is 0 Å². The molecule has 0 aromatic carbocycles. The average Bonchev–Trinajstić information content (AvgIpc) is 2.58. The van der Waals surface area contributed by atoms with Gasteiger partial charge in [-0.05, 0) is 0 Å². The van der Waals surface area contributed by atoms with Crippen LogP contribution in [0.15, 0.2) is 22.5 Å². The highest BCUT2D eigenvalue weighted by atomic mass is 32.2. The van der Waals surface area contributed by atoms with Gasteiger partial charge in [-0.15, -0.1) is 23.5 Å². The first kappa shape index (κ1) is 9.74. The molecule has 4 heteroatoms. The molecule has 0 radical (unpaired) electrons. The molecule has 0 aliphatic carbocycles. The number of thioether (sulfide) groups is 2. The van der Waals surface area contributed by atoms with Crippen LogP contribution in [0.4, 0.5) is 0 Å². The van der Waals surface area contributed by atoms with Crippen LogP contribution >= 0.6 is 23.5 Å². The van der Waals surface area contributed by atoms with Crippen molar-refractivity contribution < 1.29 is 9.53 Å². The predicted molar refractivity (Wildman–Crippen MR) is 54.2 cm³/mol. The minimum absolute atomic E-state index is 0.290. The number of hydrogen-bond acceptors (Lipinski definition) is 4. The van der Waals surface area contributed by atoms with Crippen LogP contribution < -0.4 is 0 Å². The van der Waals surface area contributed by atoms with Crippen molar-refractivity contribution in [2.45, 2.75) is 0 Å². The molecule has 12 heavy (non-hydrogen) atoms. The van der Waals surface area contributed by atoms with Crippen molar-refractivity contribution in [1.82, 2.24) is 0 Å². The number of rotatable bonds is 2. The fourth-order valence-corrected chi connectivity index (χ4v) is 3.34. The fourth-order valence-electron chi connectivity index (χ4n) is 0.826. The monoisotopic (exact) mass is 202 g/mol. The summed E-state index contributed by atoms with van der Waals surface area (Å²) in [6.45, 7) is 3.59. The topological polar surface area (TPSA) is 26.3 Å². The third kappa shape index (κ3) is 2.08. The Kier molecular flexibility index (Phi) is 3.75. The molecule has 1 rings (SSSR count). The van der Waals surface area contributed by atoms with Gasteiger partial charge < -0.3 is 4.74 Å². The molecule has 0 N–H and O–H groups in total. The predicted octanol–water partition coefficient (Wildman–Crippen LogP) is 2.04. The number of methoxy groups -OCH3 is 1. The highest BCUT2D eigenvalue weighted by molar-refractivity contribution is 8.25. The van der Waals surface area contributed by atoms with Gasteiger partial charge in [0.1, 0.15) is 0 Å². The van der Waals surface area contributed by atoms with E-state index in [4.69, 9.17) is 0 Å². The largest absolute Gasteiger partial charge is 0.465 e. The first-order valence-electron chi connectivity index (χ1n) is 3.50. The molecule has 0 aromatic heterocycles. The molecule has 0 atom stereocenters. The fraction of sp³-hybridized carbons (Fsp3) is 0.375. The Balaban J connectivity index is 2.84. The Morgan fingerprint density at radius 3 is 2.58 bits per heavy atom. The summed E-state index contributed by atoms with van der Waals surface area (Å²) in [5, 5.41) is 0. The van der Waals surface area contributed by atoms with E-state index in [0.717, 1.165) is 15.7 Å². The highest BCUT2D eigenvalue weighted by Crippen LogP contribution is 2.39. The van der Waals surface area contributed by atoms with Crippen molar-refractivity contribution in [3.05, 3.63) is 22.5 Å². The van der Waals surface area contributed by atoms with Crippen LogP contribution in [0.3, 0.4) is 0 Å². The van der Waals surface area contributed by atoms with Crippen LogP contribution in [0.5, 0.6) is 0 Å². The van der Waals surface area contributed by atoms with E-state index in [9.17, 15) is 4.79 Å². The lowest BCUT2D eigenvalue weighted by molar-refractivity contribution is -0.135. The van der Waals surface area contributed by atoms with Gasteiger partial charge in [0.25, 0.3) is 0 Å². The van der Waals surface area contributed by atoms with Gasteiger partial charge >= 0.3 is 5.97 Å². The lowest BCUT2D eigenvalue weighted by atomic mass is 10.3. The van der Waals surface area contributed by atoms with Crippen LogP contribution in [-0.2, 0) is 9.53 Å². The van der Waals surface area contributed by atoms with Gasteiger partial charge in [-0.25, -0.2) is 4.79 Å². The zero-order chi connectivity index (χ0) is 8.97. The second-order valence-electron chi connectivity index (χ2n) is 2.09. The lowest BCUT2D eigenvalue weighted by Crippen LogP contribution is -2.03. The maximum atomic E-state index is 11.2. The van der Waals surface area contributed by atoms with Crippen LogP contribution in [0.2, 0.25) is 0 Å². The molecule has 0 aromatic rings. The van der Waals surface area contributed by atoms with E-state index in [1.807, 2.05) is 0 Å². The Hall–Kier alpha value is -0.350. The zero-order valence-corrected chi connectivity index (χ0v) is 8.46. The molecule has 1 heterocycles. The molecule has 0 unspecified atom stereocenters. The van der Waals surface area contributed by atoms with Crippen molar-refractivity contribution in [1.29, 1.82) is 0 Å². The van der Waals surface area contributed by atoms with Gasteiger partial charge in [0.15, 0.2) is 0 Å². The number of carbonyl (C=O) groups is 1. The minimum Gasteiger partial charge on any atom is -0.465 e. The second-order valence-corrected chi connectivity index (χ2v) is 4.56. The van der Waals surface area contributed by atoms with Crippen molar-refractivity contribution in [3.63, 3.8) is 0 Å². The van der Waals surface area contributed by atoms with E-state index in [1.54, 1.807) is 29.6 Å². The Labute approximate surface area is 80.4 Å². The van der Waals surface area contributed by atoms with E-state index in [-0.39, 0.29) is 5.97 Å². The summed E-state index contributed by atoms with van der Waals surface area (Å²) in [5.41, 5.74) is 0.602. The van der Waals surface area contributed by atoms with Crippen LogP contribution in [-0.4, -0.2) is 24.6 Å². The van der Waals surface area contributed by atoms with Crippen LogP contribution in [0.25, 0.3) is 0 Å². The van der Waals surface area contributed by atoms with E-state index in [0.29, 0.717) is 5.57 Å². The summed E-state index contributed by atoms with van der Waals surface area (Å²) in [5.74, 6) is 1.84. The maximum absolute atomic E-state index is 11.2. The first-order chi connectivity index (χ1) is 5.79. The van der Waals surface area contributed by atoms with E-state index < -0.39 is 0 Å². The third-order valence-electron chi connectivity index (χ3n) is 1.38. The van der Waals surface area contributed by atoms with Crippen molar-refractivity contribution >= 4 is 29.5 Å². The van der Waals surface area contributed by atoms with E-state index in [1.165, 1.54) is 7.11 Å². The molecular weight excluding hydrogens is 192 g/mol. The summed E-state index contributed by atoms with van der Waals surface area (Å²) < 4.78 is 5.66. The summed E-state index contributed by atoms with van der Waals surface area (Å²) in [6.07, 6.45) is 1.56. The molecule has 2 nitrogen and oxygen atoms in total. The van der Waals surface area contributed by atoms with E-state index in [2.05, 4.69) is 11.3 Å². The molecule has 1 aliphatic rings. The number of hydrogen-bond donors (Lipinski definition) is 0. The smallest absolute Gasteiger partial charge is 0.339 e. The van der Waals surface area contributed by atoms with Crippen molar-refractivity contribution in [3.8, 4) is 0 Å².